The van der Waals surface area contributed by atoms with Crippen LogP contribution in [0.25, 0.3) is 0 Å². The van der Waals surface area contributed by atoms with Gasteiger partial charge in [0.1, 0.15) is 5.82 Å². The van der Waals surface area contributed by atoms with Gasteiger partial charge in [-0.25, -0.2) is 4.39 Å². The molecule has 0 saturated heterocycles. The highest BCUT2D eigenvalue weighted by molar-refractivity contribution is 6.30. The van der Waals surface area contributed by atoms with Gasteiger partial charge < -0.3 is 0 Å². The number of nitrogens with two attached hydrogens (primary N) is 1. The molecule has 0 aliphatic heterocycles. The summed E-state index contributed by atoms with van der Waals surface area (Å²) >= 11 is 5.58. The van der Waals surface area contributed by atoms with E-state index >= 15 is 0 Å². The van der Waals surface area contributed by atoms with Crippen LogP contribution in [0, 0.1) is 5.82 Å². The van der Waals surface area contributed by atoms with Gasteiger partial charge in [-0.3, -0.25) is 11.3 Å². The van der Waals surface area contributed by atoms with Gasteiger partial charge in [-0.05, 0) is 24.1 Å². The van der Waals surface area contributed by atoms with Crippen molar-refractivity contribution in [3.05, 3.63) is 34.6 Å². The van der Waals surface area contributed by atoms with Crippen molar-refractivity contribution in [1.29, 1.82) is 0 Å². The molecule has 0 aliphatic rings. The van der Waals surface area contributed by atoms with E-state index in [1.807, 2.05) is 0 Å². The maximum atomic E-state index is 13.1. The predicted octanol–water partition coefficient (Wildman–Crippen LogP) is 2.78. The molecule has 0 radical (unpaired) electrons. The number of halogens is 2. The average molecular weight is 217 g/mol. The summed E-state index contributed by atoms with van der Waals surface area (Å²) < 4.78 is 13.1. The summed E-state index contributed by atoms with van der Waals surface area (Å²) in [6, 6.07) is 4.74. The Morgan fingerprint density at radius 1 is 1.57 bits per heavy atom. The Morgan fingerprint density at radius 2 is 2.29 bits per heavy atom. The zero-order valence-corrected chi connectivity index (χ0v) is 8.81. The average Bonchev–Trinajstić information content (AvgIpc) is 2.19. The van der Waals surface area contributed by atoms with Crippen LogP contribution in [0.5, 0.6) is 0 Å². The van der Waals surface area contributed by atoms with E-state index in [1.165, 1.54) is 6.07 Å². The predicted molar refractivity (Wildman–Crippen MR) is 56.4 cm³/mol. The van der Waals surface area contributed by atoms with E-state index in [-0.39, 0.29) is 11.1 Å². The van der Waals surface area contributed by atoms with E-state index in [0.717, 1.165) is 18.4 Å². The molecule has 1 rings (SSSR count). The monoisotopic (exact) mass is 216 g/mol. The largest absolute Gasteiger partial charge is 0.271 e. The fourth-order valence-electron chi connectivity index (χ4n) is 1.36. The lowest BCUT2D eigenvalue weighted by atomic mass is 10.0. The molecule has 0 spiro atoms. The Kier molecular flexibility index (Phi) is 4.32. The first-order valence-corrected chi connectivity index (χ1v) is 4.98. The molecule has 1 aromatic carbocycles. The van der Waals surface area contributed by atoms with Gasteiger partial charge in [0.25, 0.3) is 0 Å². The van der Waals surface area contributed by atoms with Gasteiger partial charge in [0.05, 0.1) is 5.02 Å². The first-order chi connectivity index (χ1) is 6.69. The lowest BCUT2D eigenvalue weighted by Gasteiger charge is -2.15. The van der Waals surface area contributed by atoms with Crippen molar-refractivity contribution in [3.8, 4) is 0 Å². The molecule has 2 nitrogen and oxygen atoms in total. The van der Waals surface area contributed by atoms with Crippen LogP contribution in [0.4, 0.5) is 4.39 Å². The van der Waals surface area contributed by atoms with Gasteiger partial charge in [0.2, 0.25) is 0 Å². The molecule has 0 bridgehead atoms. The van der Waals surface area contributed by atoms with Crippen LogP contribution in [0.1, 0.15) is 31.4 Å². The molecule has 78 valence electrons. The summed E-state index contributed by atoms with van der Waals surface area (Å²) in [5, 5.41) is 0.140. The van der Waals surface area contributed by atoms with E-state index in [1.54, 1.807) is 12.1 Å². The first kappa shape index (κ1) is 11.4. The Bertz CT molecular complexity index is 304. The fraction of sp³-hybridized carbons (Fsp3) is 0.400. The lowest BCUT2D eigenvalue weighted by molar-refractivity contribution is 0.506. The normalized spacial score (nSPS) is 12.9. The summed E-state index contributed by atoms with van der Waals surface area (Å²) in [6.07, 6.45) is 1.86. The number of nitrogens with one attached hydrogen (secondary N) is 1. The lowest BCUT2D eigenvalue weighted by Crippen LogP contribution is -2.27. The minimum Gasteiger partial charge on any atom is -0.271 e. The summed E-state index contributed by atoms with van der Waals surface area (Å²) in [6.45, 7) is 2.05. The van der Waals surface area contributed by atoms with Crippen LogP contribution < -0.4 is 11.3 Å². The molecule has 0 amide bonds. The van der Waals surface area contributed by atoms with Crippen LogP contribution in [0.3, 0.4) is 0 Å². The van der Waals surface area contributed by atoms with E-state index < -0.39 is 5.82 Å². The van der Waals surface area contributed by atoms with E-state index in [2.05, 4.69) is 12.3 Å². The molecule has 0 saturated carbocycles. The standard InChI is InChI=1S/C10H14ClFN2/c1-2-3-10(14-13)7-4-5-8(11)9(12)6-7/h4-6,10,14H,2-3,13H2,1H3. The van der Waals surface area contributed by atoms with Crippen molar-refractivity contribution >= 4 is 11.6 Å². The molecule has 1 unspecified atom stereocenters. The molecule has 1 atom stereocenters. The SMILES string of the molecule is CCCC(NN)c1ccc(Cl)c(F)c1. The molecule has 0 aliphatic carbocycles. The second kappa shape index (κ2) is 5.29. The van der Waals surface area contributed by atoms with Gasteiger partial charge >= 0.3 is 0 Å². The summed E-state index contributed by atoms with van der Waals surface area (Å²) in [7, 11) is 0. The number of rotatable bonds is 4. The van der Waals surface area contributed by atoms with Crippen molar-refractivity contribution < 1.29 is 4.39 Å². The molecular weight excluding hydrogens is 203 g/mol. The van der Waals surface area contributed by atoms with Crippen LogP contribution in [0.2, 0.25) is 5.02 Å². The maximum Gasteiger partial charge on any atom is 0.142 e. The molecule has 14 heavy (non-hydrogen) atoms. The van der Waals surface area contributed by atoms with Crippen LogP contribution >= 0.6 is 11.6 Å². The molecule has 0 heterocycles. The zero-order valence-electron chi connectivity index (χ0n) is 8.06. The second-order valence-electron chi connectivity index (χ2n) is 3.18. The molecule has 4 heteroatoms. The van der Waals surface area contributed by atoms with Gasteiger partial charge in [-0.15, -0.1) is 0 Å². The summed E-state index contributed by atoms with van der Waals surface area (Å²) in [4.78, 5) is 0. The van der Waals surface area contributed by atoms with E-state index in [4.69, 9.17) is 17.4 Å². The molecule has 0 aromatic heterocycles. The number of hydrazine groups is 1. The molecule has 0 fully saturated rings. The van der Waals surface area contributed by atoms with Crippen molar-refractivity contribution in [2.75, 3.05) is 0 Å². The number of benzene rings is 1. The molecular formula is C10H14ClFN2. The highest BCUT2D eigenvalue weighted by atomic mass is 35.5. The summed E-state index contributed by atoms with van der Waals surface area (Å²) in [5.74, 6) is 4.97. The Hall–Kier alpha value is -0.640. The smallest absolute Gasteiger partial charge is 0.142 e. The highest BCUT2D eigenvalue weighted by Crippen LogP contribution is 2.22. The van der Waals surface area contributed by atoms with Crippen molar-refractivity contribution in [2.45, 2.75) is 25.8 Å². The summed E-state index contributed by atoms with van der Waals surface area (Å²) in [5.41, 5.74) is 3.49. The molecule has 3 N–H and O–H groups in total. The minimum atomic E-state index is -0.402. The third-order valence-corrected chi connectivity index (χ3v) is 2.43. The van der Waals surface area contributed by atoms with Crippen LogP contribution in [-0.4, -0.2) is 0 Å². The van der Waals surface area contributed by atoms with Crippen molar-refractivity contribution in [3.63, 3.8) is 0 Å². The second-order valence-corrected chi connectivity index (χ2v) is 3.59. The highest BCUT2D eigenvalue weighted by Gasteiger charge is 2.10. The van der Waals surface area contributed by atoms with Gasteiger partial charge in [-0.2, -0.15) is 0 Å². The Balaban J connectivity index is 2.88. The van der Waals surface area contributed by atoms with Gasteiger partial charge in [0, 0.05) is 6.04 Å². The zero-order chi connectivity index (χ0) is 10.6. The fourth-order valence-corrected chi connectivity index (χ4v) is 1.48. The minimum absolute atomic E-state index is 0.00762. The van der Waals surface area contributed by atoms with E-state index in [9.17, 15) is 4.39 Å². The van der Waals surface area contributed by atoms with Gasteiger partial charge in [0.15, 0.2) is 0 Å². The Labute approximate surface area is 88.2 Å². The van der Waals surface area contributed by atoms with Gasteiger partial charge in [-0.1, -0.05) is 31.0 Å². The first-order valence-electron chi connectivity index (χ1n) is 4.60. The Morgan fingerprint density at radius 3 is 2.79 bits per heavy atom. The third-order valence-electron chi connectivity index (χ3n) is 2.12. The quantitative estimate of drug-likeness (QED) is 0.600. The van der Waals surface area contributed by atoms with Crippen LogP contribution in [-0.2, 0) is 0 Å². The number of hydrogen-bond donors (Lipinski definition) is 2. The topological polar surface area (TPSA) is 38.0 Å². The van der Waals surface area contributed by atoms with E-state index in [0.29, 0.717) is 0 Å². The number of hydrogen-bond acceptors (Lipinski definition) is 2. The third kappa shape index (κ3) is 2.67. The molecule has 1 aromatic rings. The van der Waals surface area contributed by atoms with Crippen molar-refractivity contribution in [2.24, 2.45) is 5.84 Å². The van der Waals surface area contributed by atoms with Crippen molar-refractivity contribution in [1.82, 2.24) is 5.43 Å². The van der Waals surface area contributed by atoms with Crippen LogP contribution in [0.15, 0.2) is 18.2 Å². The maximum absolute atomic E-state index is 13.1.